The predicted octanol–water partition coefficient (Wildman–Crippen LogP) is 2.82. The van der Waals surface area contributed by atoms with E-state index in [-0.39, 0.29) is 17.9 Å². The van der Waals surface area contributed by atoms with Crippen LogP contribution >= 0.6 is 11.6 Å². The number of carbonyl (C=O) groups is 1. The van der Waals surface area contributed by atoms with Crippen molar-refractivity contribution in [3.63, 3.8) is 0 Å². The van der Waals surface area contributed by atoms with Gasteiger partial charge in [0, 0.05) is 38.0 Å². The number of anilines is 1. The fourth-order valence-corrected chi connectivity index (χ4v) is 5.06. The first-order chi connectivity index (χ1) is 16.8. The lowest BCUT2D eigenvalue weighted by Gasteiger charge is -2.36. The summed E-state index contributed by atoms with van der Waals surface area (Å²) in [5, 5.41) is 8.60. The number of fused-ring (bicyclic) bond motifs is 1. The maximum atomic E-state index is 13.1. The van der Waals surface area contributed by atoms with Crippen molar-refractivity contribution in [2.24, 2.45) is 7.05 Å². The largest absolute Gasteiger partial charge is 0.481 e. The first kappa shape index (κ1) is 23.3. The highest BCUT2D eigenvalue weighted by Crippen LogP contribution is 2.38. The van der Waals surface area contributed by atoms with E-state index in [1.165, 1.54) is 6.20 Å². The molecular weight excluding hydrogens is 470 g/mol. The van der Waals surface area contributed by atoms with E-state index in [0.29, 0.717) is 35.8 Å². The van der Waals surface area contributed by atoms with Gasteiger partial charge in [-0.15, -0.1) is 5.10 Å². The first-order valence-electron chi connectivity index (χ1n) is 11.5. The summed E-state index contributed by atoms with van der Waals surface area (Å²) in [4.78, 5) is 28.4. The molecule has 5 rings (SSSR count). The lowest BCUT2D eigenvalue weighted by molar-refractivity contribution is -0.129. The van der Waals surface area contributed by atoms with Gasteiger partial charge in [-0.1, -0.05) is 11.6 Å². The smallest absolute Gasteiger partial charge is 0.314 e. The predicted molar refractivity (Wildman–Crippen MR) is 131 cm³/mol. The number of halogens is 1. The number of amides is 1. The molecule has 0 aliphatic carbocycles. The third-order valence-corrected chi connectivity index (χ3v) is 7.20. The number of hydrogen-bond acceptors (Lipinski definition) is 8. The third kappa shape index (κ3) is 4.38. The molecule has 5 heterocycles. The Labute approximate surface area is 208 Å². The monoisotopic (exact) mass is 497 g/mol. The number of hydrogen-bond donors (Lipinski definition) is 1. The molecule has 35 heavy (non-hydrogen) atoms. The first-order valence-corrected chi connectivity index (χ1v) is 11.9. The lowest BCUT2D eigenvalue weighted by atomic mass is 9.86. The number of nitrogens with one attached hydrogen (secondary N) is 1. The Morgan fingerprint density at radius 2 is 2.06 bits per heavy atom. The summed E-state index contributed by atoms with van der Waals surface area (Å²) in [7, 11) is 4.92. The zero-order valence-electron chi connectivity index (χ0n) is 20.3. The second-order valence-corrected chi connectivity index (χ2v) is 9.55. The van der Waals surface area contributed by atoms with E-state index >= 15 is 0 Å². The van der Waals surface area contributed by atoms with E-state index < -0.39 is 0 Å². The van der Waals surface area contributed by atoms with Gasteiger partial charge in [-0.3, -0.25) is 4.79 Å². The van der Waals surface area contributed by atoms with E-state index in [1.54, 1.807) is 32.0 Å². The van der Waals surface area contributed by atoms with Crippen LogP contribution in [0.25, 0.3) is 11.4 Å². The van der Waals surface area contributed by atoms with Crippen LogP contribution in [0.15, 0.2) is 18.3 Å². The van der Waals surface area contributed by atoms with Crippen LogP contribution < -0.4 is 14.8 Å². The van der Waals surface area contributed by atoms with Gasteiger partial charge in [0.1, 0.15) is 5.82 Å². The molecular formula is C24H28ClN7O3. The SMILES string of the molecule is COc1cc(CC(=O)N2CC[C@]3(CCc4cc(-c5nc(OC)n(C)n5)c(C)nc4N3)C2)c(Cl)cn1. The number of methoxy groups -OCH3 is 2. The molecule has 10 nitrogen and oxygen atoms in total. The van der Waals surface area contributed by atoms with Gasteiger partial charge in [-0.05, 0) is 43.4 Å². The van der Waals surface area contributed by atoms with Crippen molar-refractivity contribution in [2.45, 2.75) is 38.1 Å². The highest BCUT2D eigenvalue weighted by Gasteiger charge is 2.42. The average Bonchev–Trinajstić information content (AvgIpc) is 3.43. The minimum atomic E-state index is -0.185. The van der Waals surface area contributed by atoms with Gasteiger partial charge in [0.25, 0.3) is 0 Å². The van der Waals surface area contributed by atoms with Gasteiger partial charge in [0.2, 0.25) is 11.8 Å². The standard InChI is InChI=1S/C24H28ClN7O3/c1-14-17(22-28-23(35-4)31(2)30-22)9-15-5-6-24(29-21(15)27-14)7-8-32(13-24)20(33)11-16-10-19(34-3)26-12-18(16)25/h9-10,12H,5-8,11,13H2,1-4H3,(H,27,29)/t24-/m1/s1. The van der Waals surface area contributed by atoms with Crippen LogP contribution in [0.3, 0.4) is 0 Å². The molecule has 1 amide bonds. The second kappa shape index (κ2) is 8.99. The third-order valence-electron chi connectivity index (χ3n) is 6.86. The van der Waals surface area contributed by atoms with Crippen LogP contribution in [-0.2, 0) is 24.7 Å². The number of nitrogens with zero attached hydrogens (tertiary/aromatic N) is 6. The van der Waals surface area contributed by atoms with Crippen molar-refractivity contribution in [3.05, 3.63) is 40.2 Å². The van der Waals surface area contributed by atoms with Gasteiger partial charge < -0.3 is 19.7 Å². The molecule has 184 valence electrons. The summed E-state index contributed by atoms with van der Waals surface area (Å²) < 4.78 is 12.0. The minimum absolute atomic E-state index is 0.0410. The van der Waals surface area contributed by atoms with Crippen LogP contribution in [0.1, 0.15) is 29.7 Å². The summed E-state index contributed by atoms with van der Waals surface area (Å²) in [6.07, 6.45) is 4.38. The quantitative estimate of drug-likeness (QED) is 0.573. The van der Waals surface area contributed by atoms with E-state index in [4.69, 9.17) is 26.1 Å². The lowest BCUT2D eigenvalue weighted by Crippen LogP contribution is -2.45. The second-order valence-electron chi connectivity index (χ2n) is 9.14. The Morgan fingerprint density at radius 1 is 1.23 bits per heavy atom. The molecule has 2 aliphatic rings. The van der Waals surface area contributed by atoms with Crippen molar-refractivity contribution >= 4 is 23.3 Å². The summed E-state index contributed by atoms with van der Waals surface area (Å²) in [6.45, 7) is 3.28. The number of rotatable bonds is 5. The van der Waals surface area contributed by atoms with Gasteiger partial charge in [0.05, 0.1) is 36.9 Å². The molecule has 0 radical (unpaired) electrons. The molecule has 2 aliphatic heterocycles. The van der Waals surface area contributed by atoms with Crippen molar-refractivity contribution in [1.82, 2.24) is 29.6 Å². The summed E-state index contributed by atoms with van der Waals surface area (Å²) in [6, 6.07) is 4.29. The highest BCUT2D eigenvalue weighted by molar-refractivity contribution is 6.31. The van der Waals surface area contributed by atoms with Crippen LogP contribution in [0.4, 0.5) is 5.82 Å². The Hall–Kier alpha value is -3.40. The maximum absolute atomic E-state index is 13.1. The maximum Gasteiger partial charge on any atom is 0.314 e. The Morgan fingerprint density at radius 3 is 2.80 bits per heavy atom. The fourth-order valence-electron chi connectivity index (χ4n) is 4.89. The molecule has 0 unspecified atom stereocenters. The topological polar surface area (TPSA) is 107 Å². The van der Waals surface area contributed by atoms with E-state index in [2.05, 4.69) is 26.4 Å². The number of pyridine rings is 2. The molecule has 0 bridgehead atoms. The van der Waals surface area contributed by atoms with Crippen molar-refractivity contribution in [1.29, 1.82) is 0 Å². The van der Waals surface area contributed by atoms with Gasteiger partial charge in [0.15, 0.2) is 5.82 Å². The molecule has 1 N–H and O–H groups in total. The summed E-state index contributed by atoms with van der Waals surface area (Å²) >= 11 is 6.27. The zero-order chi connectivity index (χ0) is 24.7. The molecule has 3 aromatic heterocycles. The number of aromatic nitrogens is 5. The molecule has 11 heteroatoms. The Balaban J connectivity index is 1.31. The van der Waals surface area contributed by atoms with Crippen molar-refractivity contribution in [3.8, 4) is 23.3 Å². The van der Waals surface area contributed by atoms with Gasteiger partial charge >= 0.3 is 6.01 Å². The molecule has 1 saturated heterocycles. The van der Waals surface area contributed by atoms with Crippen molar-refractivity contribution in [2.75, 3.05) is 32.6 Å². The van der Waals surface area contributed by atoms with Crippen molar-refractivity contribution < 1.29 is 14.3 Å². The molecule has 0 aromatic carbocycles. The number of likely N-dealkylation sites (tertiary alicyclic amines) is 1. The van der Waals surface area contributed by atoms with Crippen LogP contribution in [0.5, 0.6) is 11.9 Å². The highest BCUT2D eigenvalue weighted by atomic mass is 35.5. The molecule has 0 saturated carbocycles. The molecule has 1 fully saturated rings. The van der Waals surface area contributed by atoms with Gasteiger partial charge in [-0.25, -0.2) is 14.6 Å². The molecule has 1 spiro atoms. The van der Waals surface area contributed by atoms with Crippen LogP contribution in [-0.4, -0.2) is 68.4 Å². The van der Waals surface area contributed by atoms with Crippen LogP contribution in [0, 0.1) is 6.92 Å². The normalized spacial score (nSPS) is 18.9. The fraction of sp³-hybridized carbons (Fsp3) is 0.458. The number of aryl methyl sites for hydroxylation is 3. The van der Waals surface area contributed by atoms with E-state index in [9.17, 15) is 4.79 Å². The zero-order valence-corrected chi connectivity index (χ0v) is 21.0. The van der Waals surface area contributed by atoms with Gasteiger partial charge in [-0.2, -0.15) is 4.98 Å². The van der Waals surface area contributed by atoms with E-state index in [1.807, 2.05) is 11.8 Å². The number of carbonyl (C=O) groups excluding carboxylic acids is 1. The number of ether oxygens (including phenoxy) is 2. The molecule has 1 atom stereocenters. The van der Waals surface area contributed by atoms with Crippen LogP contribution in [0.2, 0.25) is 5.02 Å². The molecule has 3 aromatic rings. The van der Waals surface area contributed by atoms with E-state index in [0.717, 1.165) is 47.5 Å². The Kier molecular flexibility index (Phi) is 6.00. The minimum Gasteiger partial charge on any atom is -0.481 e. The average molecular weight is 498 g/mol. The summed E-state index contributed by atoms with van der Waals surface area (Å²) in [5.41, 5.74) is 3.40. The summed E-state index contributed by atoms with van der Waals surface area (Å²) in [5.74, 6) is 1.96. The Bertz CT molecular complexity index is 1290.